The summed E-state index contributed by atoms with van der Waals surface area (Å²) < 4.78 is 5.20. The van der Waals surface area contributed by atoms with E-state index in [1.807, 2.05) is 24.3 Å². The molecule has 2 aromatic rings. The first-order chi connectivity index (χ1) is 15.0. The molecule has 164 valence electrons. The number of nitrogens with one attached hydrogen (secondary N) is 2. The summed E-state index contributed by atoms with van der Waals surface area (Å²) in [6, 6.07) is 9.87. The van der Waals surface area contributed by atoms with Crippen molar-refractivity contribution >= 4 is 23.3 Å². The number of pyridine rings is 1. The Balaban J connectivity index is 1.45. The molecule has 0 bridgehead atoms. The van der Waals surface area contributed by atoms with Crippen LogP contribution in [0.1, 0.15) is 35.2 Å². The molecule has 31 heavy (non-hydrogen) atoms. The van der Waals surface area contributed by atoms with Gasteiger partial charge in [0.05, 0.1) is 31.5 Å². The highest BCUT2D eigenvalue weighted by Crippen LogP contribution is 2.30. The van der Waals surface area contributed by atoms with Crippen molar-refractivity contribution in [3.8, 4) is 5.75 Å². The molecule has 2 aliphatic heterocycles. The normalized spacial score (nSPS) is 18.5. The summed E-state index contributed by atoms with van der Waals surface area (Å²) in [4.78, 5) is 33.7. The minimum atomic E-state index is -0.168. The van der Waals surface area contributed by atoms with Gasteiger partial charge in [0.2, 0.25) is 5.91 Å². The van der Waals surface area contributed by atoms with E-state index in [0.29, 0.717) is 36.2 Å². The quantitative estimate of drug-likeness (QED) is 0.711. The third kappa shape index (κ3) is 4.80. The van der Waals surface area contributed by atoms with Crippen molar-refractivity contribution in [2.45, 2.75) is 31.8 Å². The van der Waals surface area contributed by atoms with E-state index in [4.69, 9.17) is 4.74 Å². The van der Waals surface area contributed by atoms with Crippen LogP contribution in [0, 0.1) is 0 Å². The zero-order valence-corrected chi connectivity index (χ0v) is 18.1. The Bertz CT molecular complexity index is 947. The lowest BCUT2D eigenvalue weighted by molar-refractivity contribution is -0.117. The van der Waals surface area contributed by atoms with Crippen molar-refractivity contribution in [2.75, 3.05) is 44.0 Å². The Hall–Kier alpha value is -3.13. The maximum Gasteiger partial charge on any atom is 0.252 e. The van der Waals surface area contributed by atoms with Gasteiger partial charge in [-0.2, -0.15) is 0 Å². The van der Waals surface area contributed by atoms with Crippen LogP contribution in [0.3, 0.4) is 0 Å². The van der Waals surface area contributed by atoms with Crippen molar-refractivity contribution in [3.63, 3.8) is 0 Å². The molecule has 0 aliphatic carbocycles. The molecular weight excluding hydrogens is 394 g/mol. The molecule has 1 fully saturated rings. The minimum Gasteiger partial charge on any atom is -0.497 e. The van der Waals surface area contributed by atoms with Gasteiger partial charge in [0.15, 0.2) is 5.82 Å². The molecule has 0 spiro atoms. The van der Waals surface area contributed by atoms with Gasteiger partial charge in [-0.25, -0.2) is 4.98 Å². The van der Waals surface area contributed by atoms with Crippen LogP contribution in [0.15, 0.2) is 36.5 Å². The van der Waals surface area contributed by atoms with Crippen LogP contribution >= 0.6 is 0 Å². The fourth-order valence-electron chi connectivity index (χ4n) is 4.19. The summed E-state index contributed by atoms with van der Waals surface area (Å²) in [6.07, 6.45) is 4.89. The lowest BCUT2D eigenvalue weighted by atomic mass is 10.1. The van der Waals surface area contributed by atoms with Crippen molar-refractivity contribution in [2.24, 2.45) is 0 Å². The summed E-state index contributed by atoms with van der Waals surface area (Å²) in [5.74, 6) is 1.14. The van der Waals surface area contributed by atoms with Gasteiger partial charge in [0, 0.05) is 18.8 Å². The largest absolute Gasteiger partial charge is 0.497 e. The number of ether oxygens (including phenoxy) is 1. The van der Waals surface area contributed by atoms with E-state index < -0.39 is 0 Å². The molecule has 2 aliphatic rings. The first-order valence-electron chi connectivity index (χ1n) is 10.7. The number of likely N-dealkylation sites (tertiary alicyclic amines) is 1. The highest BCUT2D eigenvalue weighted by Gasteiger charge is 2.26. The van der Waals surface area contributed by atoms with E-state index in [2.05, 4.69) is 27.6 Å². The second-order valence-corrected chi connectivity index (χ2v) is 8.09. The Labute approximate surface area is 182 Å². The topological polar surface area (TPSA) is 86.8 Å². The van der Waals surface area contributed by atoms with Crippen LogP contribution in [-0.2, 0) is 11.3 Å². The van der Waals surface area contributed by atoms with Gasteiger partial charge in [0.25, 0.3) is 5.91 Å². The van der Waals surface area contributed by atoms with Gasteiger partial charge in [-0.3, -0.25) is 9.59 Å². The summed E-state index contributed by atoms with van der Waals surface area (Å²) in [5, 5.41) is 6.04. The number of nitrogens with zero attached hydrogens (tertiary/aromatic N) is 3. The van der Waals surface area contributed by atoms with E-state index in [1.54, 1.807) is 24.3 Å². The Morgan fingerprint density at radius 1 is 1.32 bits per heavy atom. The highest BCUT2D eigenvalue weighted by molar-refractivity contribution is 6.04. The molecule has 8 nitrogen and oxygen atoms in total. The SMILES string of the molecule is COc1ccc(CN2C(=O)CNc3ncc(C(=O)NCCC4CCCN4C)cc32)cc1. The zero-order chi connectivity index (χ0) is 21.8. The standard InChI is InChI=1S/C23H29N5O3/c1-27-11-3-4-18(27)9-10-24-23(30)17-12-20-22(25-13-17)26-14-21(29)28(20)15-16-5-7-19(31-2)8-6-16/h5-8,12-13,18H,3-4,9-11,14-15H2,1-2H3,(H,24,30)(H,25,26). The van der Waals surface area contributed by atoms with Crippen LogP contribution in [-0.4, -0.2) is 61.5 Å². The first-order valence-corrected chi connectivity index (χ1v) is 10.7. The van der Waals surface area contributed by atoms with Crippen LogP contribution in [0.4, 0.5) is 11.5 Å². The predicted molar refractivity (Wildman–Crippen MR) is 120 cm³/mol. The fraction of sp³-hybridized carbons (Fsp3) is 0.435. The van der Waals surface area contributed by atoms with Crippen molar-refractivity contribution in [1.82, 2.24) is 15.2 Å². The predicted octanol–water partition coefficient (Wildman–Crippen LogP) is 2.26. The molecule has 3 heterocycles. The molecule has 2 N–H and O–H groups in total. The van der Waals surface area contributed by atoms with Crippen LogP contribution in [0.25, 0.3) is 0 Å². The van der Waals surface area contributed by atoms with E-state index >= 15 is 0 Å². The minimum absolute atomic E-state index is 0.0630. The van der Waals surface area contributed by atoms with Gasteiger partial charge in [-0.05, 0) is 56.6 Å². The monoisotopic (exact) mass is 423 g/mol. The fourth-order valence-corrected chi connectivity index (χ4v) is 4.19. The number of methoxy groups -OCH3 is 1. The molecule has 2 amide bonds. The van der Waals surface area contributed by atoms with Crippen LogP contribution < -0.4 is 20.3 Å². The van der Waals surface area contributed by atoms with Gasteiger partial charge in [0.1, 0.15) is 5.75 Å². The zero-order valence-electron chi connectivity index (χ0n) is 18.1. The number of carbonyl (C=O) groups excluding carboxylic acids is 2. The number of aromatic nitrogens is 1. The second kappa shape index (κ2) is 9.34. The summed E-state index contributed by atoms with van der Waals surface area (Å²) in [6.45, 7) is 2.32. The Morgan fingerprint density at radius 3 is 2.84 bits per heavy atom. The van der Waals surface area contributed by atoms with Gasteiger partial charge >= 0.3 is 0 Å². The third-order valence-electron chi connectivity index (χ3n) is 6.06. The summed E-state index contributed by atoms with van der Waals surface area (Å²) >= 11 is 0. The molecular formula is C23H29N5O3. The van der Waals surface area contributed by atoms with Gasteiger partial charge < -0.3 is 25.2 Å². The average Bonchev–Trinajstić information content (AvgIpc) is 3.20. The Kier molecular flexibility index (Phi) is 6.36. The molecule has 1 aromatic carbocycles. The number of anilines is 2. The van der Waals surface area contributed by atoms with Crippen LogP contribution in [0.2, 0.25) is 0 Å². The number of hydrogen-bond acceptors (Lipinski definition) is 6. The number of carbonyl (C=O) groups is 2. The van der Waals surface area contributed by atoms with E-state index in [-0.39, 0.29) is 18.4 Å². The summed E-state index contributed by atoms with van der Waals surface area (Å²) in [5.41, 5.74) is 2.04. The molecule has 0 radical (unpaired) electrons. The number of hydrogen-bond donors (Lipinski definition) is 2. The molecule has 1 saturated heterocycles. The molecule has 1 aromatic heterocycles. The number of amides is 2. The van der Waals surface area contributed by atoms with Crippen molar-refractivity contribution < 1.29 is 14.3 Å². The Morgan fingerprint density at radius 2 is 2.13 bits per heavy atom. The van der Waals surface area contributed by atoms with Crippen molar-refractivity contribution in [3.05, 3.63) is 47.7 Å². The smallest absolute Gasteiger partial charge is 0.252 e. The molecule has 1 atom stereocenters. The average molecular weight is 424 g/mol. The first kappa shape index (κ1) is 21.1. The van der Waals surface area contributed by atoms with Crippen molar-refractivity contribution in [1.29, 1.82) is 0 Å². The molecule has 4 rings (SSSR count). The van der Waals surface area contributed by atoms with Gasteiger partial charge in [-0.15, -0.1) is 0 Å². The maximum atomic E-state index is 12.7. The van der Waals surface area contributed by atoms with E-state index in [0.717, 1.165) is 24.3 Å². The molecule has 0 saturated carbocycles. The lowest BCUT2D eigenvalue weighted by Gasteiger charge is -2.30. The van der Waals surface area contributed by atoms with Gasteiger partial charge in [-0.1, -0.05) is 12.1 Å². The van der Waals surface area contributed by atoms with E-state index in [9.17, 15) is 9.59 Å². The summed E-state index contributed by atoms with van der Waals surface area (Å²) in [7, 11) is 3.75. The second-order valence-electron chi connectivity index (χ2n) is 8.09. The highest BCUT2D eigenvalue weighted by atomic mass is 16.5. The van der Waals surface area contributed by atoms with Crippen LogP contribution in [0.5, 0.6) is 5.75 Å². The number of fused-ring (bicyclic) bond motifs is 1. The van der Waals surface area contributed by atoms with E-state index in [1.165, 1.54) is 12.8 Å². The molecule has 1 unspecified atom stereocenters. The third-order valence-corrected chi connectivity index (χ3v) is 6.06. The maximum absolute atomic E-state index is 12.7. The lowest BCUT2D eigenvalue weighted by Crippen LogP contribution is -2.40. The number of rotatable bonds is 7. The number of benzene rings is 1. The molecule has 8 heteroatoms.